The third kappa shape index (κ3) is 11.3. The lowest BCUT2D eigenvalue weighted by molar-refractivity contribution is -0.384. The second kappa shape index (κ2) is 21.5. The summed E-state index contributed by atoms with van der Waals surface area (Å²) in [5.74, 6) is 0.341. The number of carbonyl (C=O) groups is 1. The van der Waals surface area contributed by atoms with E-state index in [0.717, 1.165) is 105 Å². The van der Waals surface area contributed by atoms with Crippen LogP contribution >= 0.6 is 0 Å². The first-order valence-electron chi connectivity index (χ1n) is 27.5. The van der Waals surface area contributed by atoms with E-state index in [2.05, 4.69) is 81.4 Å². The molecule has 2 saturated carbocycles. The number of furan rings is 1. The Balaban J connectivity index is 0.794. The number of piperidine rings is 1. The Morgan fingerprint density at radius 1 is 0.975 bits per heavy atom. The Morgan fingerprint density at radius 3 is 2.49 bits per heavy atom. The number of nitrogens with zero attached hydrogens (tertiary/aromatic N) is 5. The van der Waals surface area contributed by atoms with Crippen LogP contribution in [0.4, 0.5) is 21.5 Å². The van der Waals surface area contributed by atoms with Crippen LogP contribution in [-0.4, -0.2) is 102 Å². The van der Waals surface area contributed by atoms with Crippen molar-refractivity contribution >= 4 is 55.0 Å². The van der Waals surface area contributed by atoms with Crippen molar-refractivity contribution < 1.29 is 41.5 Å². The Hall–Kier alpha value is -7.06. The van der Waals surface area contributed by atoms with E-state index in [-0.39, 0.29) is 40.2 Å². The fourth-order valence-electron chi connectivity index (χ4n) is 12.8. The van der Waals surface area contributed by atoms with Crippen molar-refractivity contribution in [3.63, 3.8) is 0 Å². The fraction of sp³-hybridized carbons (Fsp3) is 0.433. The number of hydrogen-bond acceptors (Lipinski definition) is 14. The number of nitro groups is 1. The number of benzene rings is 4. The molecule has 17 nitrogen and oxygen atoms in total. The summed E-state index contributed by atoms with van der Waals surface area (Å²) < 4.78 is 64.5. The number of pyridine rings is 1. The number of aromatic nitrogens is 2. The van der Waals surface area contributed by atoms with Crippen molar-refractivity contribution in [2.75, 3.05) is 56.6 Å². The van der Waals surface area contributed by atoms with Gasteiger partial charge in [0.05, 0.1) is 40.0 Å². The minimum Gasteiger partial charge on any atom is -0.493 e. The van der Waals surface area contributed by atoms with Gasteiger partial charge in [-0.3, -0.25) is 24.7 Å². The van der Waals surface area contributed by atoms with Crippen molar-refractivity contribution in [2.45, 2.75) is 114 Å². The lowest BCUT2D eigenvalue weighted by Gasteiger charge is -2.58. The first-order chi connectivity index (χ1) is 37.8. The number of rotatable bonds is 16. The predicted octanol–water partition coefficient (Wildman–Crippen LogP) is 11.4. The number of H-pyrrole nitrogens is 1. The van der Waals surface area contributed by atoms with E-state index in [9.17, 15) is 28.4 Å². The van der Waals surface area contributed by atoms with Crippen LogP contribution in [0.5, 0.6) is 17.2 Å². The molecule has 7 aromatic rings. The number of fused-ring (bicyclic) bond motifs is 2. The van der Waals surface area contributed by atoms with Gasteiger partial charge in [-0.2, -0.15) is 0 Å². The predicted molar refractivity (Wildman–Crippen MR) is 301 cm³/mol. The highest BCUT2D eigenvalue weighted by molar-refractivity contribution is 7.90. The van der Waals surface area contributed by atoms with Gasteiger partial charge in [0.1, 0.15) is 34.4 Å². The number of sulfonamides is 1. The standard InChI is InChI=1S/C60H69FN8O9S/c1-37(2)46-8-6-7-9-47(46)53-36-66(35-40-25-42-24-38(3)77-56(42)55(26-40)76-5)22-23-68(53)43-31-60(32-43)17-20-67(21-18-60)51-30-54(78-44-27-41-14-19-62-57(41)64-34-44)48(29-49(51)61)58(70)65-79(74,75)45-10-11-50(52(28-45)69(72)73)63-33-39-12-15-59(4,71)16-13-39/h6-11,14,19,24-30,34,37,39,43,53,63,71H,12-13,15-18,20-23,31-33,35-36H2,1-5H3,(H,62,64)(H,65,70)/t39?,53-,59?/m0/s1. The molecule has 2 saturated heterocycles. The van der Waals surface area contributed by atoms with Gasteiger partial charge in [-0.05, 0) is 148 Å². The van der Waals surface area contributed by atoms with Crippen LogP contribution in [0.25, 0.3) is 22.0 Å². The van der Waals surface area contributed by atoms with Crippen LogP contribution in [-0.2, 0) is 16.6 Å². The van der Waals surface area contributed by atoms with Crippen molar-refractivity contribution in [3.8, 4) is 17.2 Å². The molecule has 1 atom stereocenters. The zero-order valence-corrected chi connectivity index (χ0v) is 46.2. The molecule has 0 unspecified atom stereocenters. The van der Waals surface area contributed by atoms with Gasteiger partial charge in [0.15, 0.2) is 11.3 Å². The number of nitro benzene ring substituents is 1. The molecule has 2 aliphatic carbocycles. The molecule has 19 heteroatoms. The average Bonchev–Trinajstić information content (AvgIpc) is 4.25. The molecule has 79 heavy (non-hydrogen) atoms. The van der Waals surface area contributed by atoms with Gasteiger partial charge in [0.25, 0.3) is 21.6 Å². The van der Waals surface area contributed by atoms with Gasteiger partial charge in [0.2, 0.25) is 0 Å². The molecule has 3 aromatic heterocycles. The lowest BCUT2D eigenvalue weighted by Crippen LogP contribution is -2.60. The third-order valence-electron chi connectivity index (χ3n) is 17.2. The smallest absolute Gasteiger partial charge is 0.293 e. The molecule has 416 valence electrons. The van der Waals surface area contributed by atoms with Crippen molar-refractivity contribution in [1.29, 1.82) is 0 Å². The zero-order valence-electron chi connectivity index (χ0n) is 45.4. The van der Waals surface area contributed by atoms with Gasteiger partial charge >= 0.3 is 0 Å². The number of aromatic amines is 1. The van der Waals surface area contributed by atoms with Crippen molar-refractivity contribution in [3.05, 3.63) is 141 Å². The average molecular weight is 1100 g/mol. The maximum Gasteiger partial charge on any atom is 0.293 e. The summed E-state index contributed by atoms with van der Waals surface area (Å²) in [7, 11) is -3.05. The van der Waals surface area contributed by atoms with Crippen LogP contribution in [0.2, 0.25) is 0 Å². The van der Waals surface area contributed by atoms with Gasteiger partial charge in [-0.25, -0.2) is 22.5 Å². The number of anilines is 2. The number of methoxy groups -OCH3 is 1. The summed E-state index contributed by atoms with van der Waals surface area (Å²) in [5.41, 5.74) is 4.09. The van der Waals surface area contributed by atoms with E-state index in [4.69, 9.17) is 13.9 Å². The molecule has 11 rings (SSSR count). The van der Waals surface area contributed by atoms with Crippen molar-refractivity contribution in [1.82, 2.24) is 24.5 Å². The largest absolute Gasteiger partial charge is 0.493 e. The molecule has 4 fully saturated rings. The molecule has 4 aromatic carbocycles. The number of aliphatic hydroxyl groups is 1. The minimum atomic E-state index is -4.73. The quantitative estimate of drug-likeness (QED) is 0.0524. The highest BCUT2D eigenvalue weighted by Gasteiger charge is 2.50. The molecule has 1 spiro atoms. The highest BCUT2D eigenvalue weighted by Crippen LogP contribution is 2.54. The highest BCUT2D eigenvalue weighted by atomic mass is 32.2. The van der Waals surface area contributed by atoms with Gasteiger partial charge in [0, 0.05) is 87.0 Å². The summed E-state index contributed by atoms with van der Waals surface area (Å²) in [5, 5.41) is 27.5. The molecule has 4 aliphatic rings. The molecule has 4 N–H and O–H groups in total. The van der Waals surface area contributed by atoms with Gasteiger partial charge in [-0.15, -0.1) is 0 Å². The fourth-order valence-corrected chi connectivity index (χ4v) is 13.8. The van der Waals surface area contributed by atoms with Crippen molar-refractivity contribution in [2.24, 2.45) is 11.3 Å². The van der Waals surface area contributed by atoms with Crippen LogP contribution in [0, 0.1) is 34.2 Å². The zero-order chi connectivity index (χ0) is 55.4. The van der Waals surface area contributed by atoms with E-state index in [1.54, 1.807) is 32.4 Å². The van der Waals surface area contributed by atoms with E-state index in [1.165, 1.54) is 41.1 Å². The van der Waals surface area contributed by atoms with Crippen LogP contribution in [0.15, 0.2) is 107 Å². The summed E-state index contributed by atoms with van der Waals surface area (Å²) in [4.78, 5) is 39.9. The molecule has 5 heterocycles. The number of aryl methyl sites for hydroxylation is 1. The molecular formula is C60H69FN8O9S. The number of carbonyl (C=O) groups excluding carboxylic acids is 1. The molecule has 0 bridgehead atoms. The Bertz CT molecular complexity index is 3540. The topological polar surface area (TPSA) is 209 Å². The molecule has 1 amide bonds. The second-order valence-corrected chi connectivity index (χ2v) is 24.8. The number of ether oxygens (including phenoxy) is 2. The maximum absolute atomic E-state index is 16.7. The summed E-state index contributed by atoms with van der Waals surface area (Å²) >= 11 is 0. The number of nitrogens with one attached hydrogen (secondary N) is 3. The van der Waals surface area contributed by atoms with E-state index < -0.39 is 48.4 Å². The minimum absolute atomic E-state index is 0.0819. The second-order valence-electron chi connectivity index (χ2n) is 23.1. The lowest BCUT2D eigenvalue weighted by atomic mass is 9.59. The number of halogens is 1. The maximum atomic E-state index is 16.7. The summed E-state index contributed by atoms with van der Waals surface area (Å²) in [6, 6.07) is 25.1. The molecular weight excluding hydrogens is 1030 g/mol. The van der Waals surface area contributed by atoms with Gasteiger partial charge in [-0.1, -0.05) is 38.1 Å². The van der Waals surface area contributed by atoms with Crippen LogP contribution in [0.1, 0.15) is 117 Å². The summed E-state index contributed by atoms with van der Waals surface area (Å²) in [6.07, 6.45) is 9.59. The van der Waals surface area contributed by atoms with Gasteiger partial charge < -0.3 is 34.2 Å². The Labute approximate surface area is 459 Å². The van der Waals surface area contributed by atoms with E-state index >= 15 is 4.39 Å². The van der Waals surface area contributed by atoms with E-state index in [1.807, 2.05) is 16.5 Å². The number of hydrogen-bond donors (Lipinski definition) is 4. The first-order valence-corrected chi connectivity index (χ1v) is 29.0. The monoisotopic (exact) mass is 1100 g/mol. The number of amides is 1. The molecule has 0 radical (unpaired) electrons. The summed E-state index contributed by atoms with van der Waals surface area (Å²) in [6.45, 7) is 13.3. The number of piperazine rings is 1. The molecule has 2 aliphatic heterocycles. The van der Waals surface area contributed by atoms with Crippen LogP contribution in [0.3, 0.4) is 0 Å². The van der Waals surface area contributed by atoms with E-state index in [0.29, 0.717) is 50.1 Å². The third-order valence-corrected chi connectivity index (χ3v) is 18.5. The first kappa shape index (κ1) is 53.9. The Kier molecular flexibility index (Phi) is 14.7. The normalized spacial score (nSPS) is 21.1. The SMILES string of the molecule is COc1cc(CN2CCN(C3CC4(CCN(c5cc(Oc6cnc7[nH]ccc7c6)c(C(=O)NS(=O)(=O)c6ccc(NCC7CCC(C)(O)CC7)c([N+](=O)[O-])c6)cc5F)CC4)C3)[C@H](c3ccccc3C(C)C)C2)cc2cc(C)oc12. The van der Waals surface area contributed by atoms with Crippen LogP contribution < -0.4 is 24.4 Å². The Morgan fingerprint density at radius 2 is 1.75 bits per heavy atom.